The van der Waals surface area contributed by atoms with E-state index in [0.29, 0.717) is 18.4 Å². The first kappa shape index (κ1) is 37.5. The van der Waals surface area contributed by atoms with Gasteiger partial charge in [0.1, 0.15) is 6.10 Å². The SMILES string of the molecule is CC1=C(/C=C/C(C)=C/C=C/C(C)=C/C=C/C=C(C)/C=C/C=C(C)/C=C/C=C(C)/C=C\CC(C)(C)O)C(C)(C)C[C@H](O)C1=O. The van der Waals surface area contributed by atoms with E-state index in [1.54, 1.807) is 6.92 Å². The van der Waals surface area contributed by atoms with Crippen molar-refractivity contribution in [2.45, 2.75) is 93.8 Å². The molecule has 0 aromatic carbocycles. The van der Waals surface area contributed by atoms with Crippen molar-refractivity contribution < 1.29 is 15.0 Å². The van der Waals surface area contributed by atoms with Crippen LogP contribution in [0.2, 0.25) is 0 Å². The van der Waals surface area contributed by atoms with Crippen molar-refractivity contribution in [3.63, 3.8) is 0 Å². The number of hydrogen-bond donors (Lipinski definition) is 2. The highest BCUT2D eigenvalue weighted by molar-refractivity contribution is 6.00. The molecule has 0 saturated heterocycles. The smallest absolute Gasteiger partial charge is 0.187 e. The lowest BCUT2D eigenvalue weighted by Crippen LogP contribution is -2.35. The molecule has 1 aliphatic carbocycles. The first-order valence-corrected chi connectivity index (χ1v) is 15.1. The molecule has 0 bridgehead atoms. The summed E-state index contributed by atoms with van der Waals surface area (Å²) in [6, 6.07) is 0. The number of aliphatic hydroxyl groups is 2. The molecule has 0 unspecified atom stereocenters. The van der Waals surface area contributed by atoms with Crippen molar-refractivity contribution in [2.24, 2.45) is 5.41 Å². The first-order valence-electron chi connectivity index (χ1n) is 15.1. The van der Waals surface area contributed by atoms with E-state index in [1.807, 2.05) is 82.4 Å². The van der Waals surface area contributed by atoms with Gasteiger partial charge in [0.05, 0.1) is 5.60 Å². The summed E-state index contributed by atoms with van der Waals surface area (Å²) in [5.74, 6) is -0.168. The van der Waals surface area contributed by atoms with E-state index in [4.69, 9.17) is 0 Å². The lowest BCUT2D eigenvalue weighted by atomic mass is 9.71. The molecule has 43 heavy (non-hydrogen) atoms. The zero-order valence-electron chi connectivity index (χ0n) is 28.1. The van der Waals surface area contributed by atoms with Crippen molar-refractivity contribution in [1.29, 1.82) is 0 Å². The Morgan fingerprint density at radius 2 is 1.14 bits per heavy atom. The number of aliphatic hydroxyl groups excluding tert-OH is 1. The Labute approximate surface area is 261 Å². The largest absolute Gasteiger partial charge is 0.390 e. The summed E-state index contributed by atoms with van der Waals surface area (Å²) in [5.41, 5.74) is 6.42. The van der Waals surface area contributed by atoms with Crippen molar-refractivity contribution in [2.75, 3.05) is 0 Å². The number of ketones is 1. The molecule has 1 aliphatic rings. The van der Waals surface area contributed by atoms with Gasteiger partial charge in [0.25, 0.3) is 0 Å². The fourth-order valence-corrected chi connectivity index (χ4v) is 4.42. The fourth-order valence-electron chi connectivity index (χ4n) is 4.42. The minimum atomic E-state index is -0.899. The van der Waals surface area contributed by atoms with Gasteiger partial charge in [-0.15, -0.1) is 0 Å². The number of carbonyl (C=O) groups excluding carboxylic acids is 1. The molecule has 2 N–H and O–H groups in total. The normalized spacial score (nSPS) is 20.6. The average Bonchev–Trinajstić information content (AvgIpc) is 2.88. The van der Waals surface area contributed by atoms with Crippen LogP contribution in [0.1, 0.15) is 82.1 Å². The summed E-state index contributed by atoms with van der Waals surface area (Å²) >= 11 is 0. The predicted octanol–water partition coefficient (Wildman–Crippen LogP) is 9.89. The van der Waals surface area contributed by atoms with Crippen LogP contribution in [0.15, 0.2) is 142 Å². The molecule has 0 aliphatic heterocycles. The number of allylic oxidation sites excluding steroid dienone is 22. The molecule has 0 aromatic heterocycles. The van der Waals surface area contributed by atoms with Gasteiger partial charge in [-0.25, -0.2) is 0 Å². The van der Waals surface area contributed by atoms with Gasteiger partial charge in [0, 0.05) is 0 Å². The van der Waals surface area contributed by atoms with E-state index in [0.717, 1.165) is 33.4 Å². The zero-order chi connectivity index (χ0) is 32.6. The van der Waals surface area contributed by atoms with Crippen LogP contribution >= 0.6 is 0 Å². The van der Waals surface area contributed by atoms with Crippen molar-refractivity contribution in [3.05, 3.63) is 142 Å². The molecule has 0 saturated carbocycles. The third kappa shape index (κ3) is 16.0. The number of carbonyl (C=O) groups is 1. The molecule has 0 heterocycles. The third-order valence-corrected chi connectivity index (χ3v) is 7.00. The van der Waals surface area contributed by atoms with Crippen LogP contribution in [0, 0.1) is 5.41 Å². The lowest BCUT2D eigenvalue weighted by molar-refractivity contribution is -0.125. The Morgan fingerprint density at radius 3 is 1.58 bits per heavy atom. The molecule has 0 aromatic rings. The Bertz CT molecular complexity index is 1330. The van der Waals surface area contributed by atoms with Crippen LogP contribution in [-0.4, -0.2) is 27.7 Å². The van der Waals surface area contributed by atoms with Gasteiger partial charge in [0.2, 0.25) is 0 Å². The summed E-state index contributed by atoms with van der Waals surface area (Å²) in [7, 11) is 0. The van der Waals surface area contributed by atoms with Gasteiger partial charge in [-0.3, -0.25) is 4.79 Å². The van der Waals surface area contributed by atoms with Gasteiger partial charge >= 0.3 is 0 Å². The highest BCUT2D eigenvalue weighted by Crippen LogP contribution is 2.39. The average molecular weight is 583 g/mol. The summed E-state index contributed by atoms with van der Waals surface area (Å²) in [5, 5.41) is 19.8. The van der Waals surface area contributed by atoms with Gasteiger partial charge in [0.15, 0.2) is 5.78 Å². The van der Waals surface area contributed by atoms with Gasteiger partial charge < -0.3 is 10.2 Å². The van der Waals surface area contributed by atoms with Crippen LogP contribution in [0.5, 0.6) is 0 Å². The van der Waals surface area contributed by atoms with E-state index in [1.165, 1.54) is 0 Å². The van der Waals surface area contributed by atoms with Gasteiger partial charge in [-0.2, -0.15) is 0 Å². The van der Waals surface area contributed by atoms with E-state index in [2.05, 4.69) is 83.2 Å². The highest BCUT2D eigenvalue weighted by Gasteiger charge is 2.36. The Morgan fingerprint density at radius 1 is 0.744 bits per heavy atom. The van der Waals surface area contributed by atoms with E-state index in [9.17, 15) is 15.0 Å². The maximum atomic E-state index is 12.2. The van der Waals surface area contributed by atoms with Crippen molar-refractivity contribution >= 4 is 5.78 Å². The minimum Gasteiger partial charge on any atom is -0.390 e. The van der Waals surface area contributed by atoms with E-state index in [-0.39, 0.29) is 11.2 Å². The second-order valence-corrected chi connectivity index (χ2v) is 12.8. The van der Waals surface area contributed by atoms with E-state index < -0.39 is 11.7 Å². The van der Waals surface area contributed by atoms with Crippen LogP contribution in [-0.2, 0) is 4.79 Å². The summed E-state index contributed by atoms with van der Waals surface area (Å²) in [6.07, 6.45) is 35.0. The fraction of sp³-hybridized carbons (Fsp3) is 0.375. The zero-order valence-corrected chi connectivity index (χ0v) is 28.1. The molecule has 0 spiro atoms. The number of rotatable bonds is 13. The number of hydrogen-bond acceptors (Lipinski definition) is 3. The summed E-state index contributed by atoms with van der Waals surface area (Å²) in [4.78, 5) is 12.2. The monoisotopic (exact) mass is 582 g/mol. The summed E-state index contributed by atoms with van der Waals surface area (Å²) in [6.45, 7) is 19.9. The highest BCUT2D eigenvalue weighted by atomic mass is 16.3. The molecular formula is C40H54O3. The molecule has 232 valence electrons. The first-order chi connectivity index (χ1) is 20.0. The second-order valence-electron chi connectivity index (χ2n) is 12.8. The van der Waals surface area contributed by atoms with Crippen LogP contribution in [0.4, 0.5) is 0 Å². The predicted molar refractivity (Wildman–Crippen MR) is 187 cm³/mol. The third-order valence-electron chi connectivity index (χ3n) is 7.00. The quantitative estimate of drug-likeness (QED) is 0.213. The Hall–Kier alpha value is -3.53. The Kier molecular flexibility index (Phi) is 15.9. The van der Waals surface area contributed by atoms with Crippen molar-refractivity contribution in [3.8, 4) is 0 Å². The van der Waals surface area contributed by atoms with Crippen LogP contribution in [0.25, 0.3) is 0 Å². The van der Waals surface area contributed by atoms with Crippen molar-refractivity contribution in [1.82, 2.24) is 0 Å². The second kappa shape index (κ2) is 18.2. The maximum Gasteiger partial charge on any atom is 0.187 e. The molecule has 3 nitrogen and oxygen atoms in total. The minimum absolute atomic E-state index is 0.168. The standard InChI is InChI=1S/C40H54O3/c1-30(19-13-21-32(3)22-14-23-33(4)25-16-28-40(9,10)43)17-11-12-18-31(2)20-15-24-34(5)26-27-36-35(6)38(42)37(41)29-39(36,7)8/h11-27,37,41,43H,28-29H2,1-10H3/b12-11+,19-13+,20-15+,22-14+,25-16-,27-26+,30-17+,31-18+,32-21+,33-23+,34-24+/t37-/m0/s1. The Balaban J connectivity index is 2.65. The molecule has 3 heteroatoms. The van der Waals surface area contributed by atoms with Gasteiger partial charge in [-0.1, -0.05) is 145 Å². The number of Topliss-reactive ketones (excluding diaryl/α,β-unsaturated/α-hetero) is 1. The van der Waals surface area contributed by atoms with Crippen LogP contribution < -0.4 is 0 Å². The molecule has 0 radical (unpaired) electrons. The summed E-state index contributed by atoms with van der Waals surface area (Å²) < 4.78 is 0. The van der Waals surface area contributed by atoms with Gasteiger partial charge in [-0.05, 0) is 84.8 Å². The maximum absolute atomic E-state index is 12.2. The molecule has 0 fully saturated rings. The van der Waals surface area contributed by atoms with Crippen LogP contribution in [0.3, 0.4) is 0 Å². The topological polar surface area (TPSA) is 57.5 Å². The molecular weight excluding hydrogens is 528 g/mol. The van der Waals surface area contributed by atoms with E-state index >= 15 is 0 Å². The molecule has 1 atom stereocenters. The lowest BCUT2D eigenvalue weighted by Gasteiger charge is -2.34. The molecule has 0 amide bonds. The molecule has 1 rings (SSSR count).